The van der Waals surface area contributed by atoms with Crippen molar-refractivity contribution < 1.29 is 53.6 Å². The fraction of sp³-hybridized carbons (Fsp3) is 0.296. The number of phenolic OH excluding ortho intramolecular Hbond substituents is 3. The average Bonchev–Trinajstić information content (AvgIpc) is 3.29. The van der Waals surface area contributed by atoms with E-state index in [4.69, 9.17) is 23.7 Å². The van der Waals surface area contributed by atoms with Gasteiger partial charge in [0, 0.05) is 35.4 Å². The number of rotatable bonds is 6. The molecule has 2 aliphatic rings. The number of carbonyl (C=O) groups excluding carboxylic acids is 1. The molecule has 0 saturated carbocycles. The van der Waals surface area contributed by atoms with Gasteiger partial charge in [-0.05, 0) is 17.7 Å². The largest absolute Gasteiger partial charge is 0.508 e. The second-order valence-electron chi connectivity index (χ2n) is 8.80. The van der Waals surface area contributed by atoms with Gasteiger partial charge in [-0.15, -0.1) is 0 Å². The van der Waals surface area contributed by atoms with Crippen LogP contribution in [0.1, 0.15) is 35.1 Å². The maximum absolute atomic E-state index is 11.7. The minimum atomic E-state index is -1.35. The molecule has 4 unspecified atom stereocenters. The van der Waals surface area contributed by atoms with Crippen LogP contribution in [-0.4, -0.2) is 60.1 Å². The number of phenols is 3. The van der Waals surface area contributed by atoms with Gasteiger partial charge in [0.25, 0.3) is 6.29 Å². The van der Waals surface area contributed by atoms with E-state index >= 15 is 0 Å². The van der Waals surface area contributed by atoms with Crippen LogP contribution in [0, 0.1) is 0 Å². The molecule has 0 spiro atoms. The van der Waals surface area contributed by atoms with Crippen molar-refractivity contribution in [2.24, 2.45) is 0 Å². The van der Waals surface area contributed by atoms with Crippen molar-refractivity contribution in [3.63, 3.8) is 0 Å². The Kier molecular flexibility index (Phi) is 6.45. The van der Waals surface area contributed by atoms with Crippen LogP contribution in [-0.2, 0) is 9.53 Å². The smallest absolute Gasteiger partial charge is 0.313 e. The molecule has 3 aromatic carbocycles. The number of aromatic hydroxyl groups is 3. The van der Waals surface area contributed by atoms with E-state index in [-0.39, 0.29) is 46.3 Å². The van der Waals surface area contributed by atoms with E-state index in [0.29, 0.717) is 22.8 Å². The lowest BCUT2D eigenvalue weighted by Gasteiger charge is -2.38. The third kappa shape index (κ3) is 4.30. The standard InChI is InChI=1S/C27H26O11/c1-33-14-9-16(30)23(19(10-14)34-2)25-24-15(29)7-13(28)8-20(24)38-27(26(25)32)12-4-5-17-18(6-12)37-22(36-17)11-21(31)35-3/h4-10,22,25-30,32H,11H2,1-3H3. The van der Waals surface area contributed by atoms with E-state index in [9.17, 15) is 25.2 Å². The molecule has 11 heteroatoms. The summed E-state index contributed by atoms with van der Waals surface area (Å²) in [4.78, 5) is 11.6. The second kappa shape index (κ2) is 9.75. The molecule has 0 saturated heterocycles. The van der Waals surface area contributed by atoms with E-state index in [0.717, 1.165) is 6.07 Å². The first-order valence-electron chi connectivity index (χ1n) is 11.6. The second-order valence-corrected chi connectivity index (χ2v) is 8.80. The topological polar surface area (TPSA) is 153 Å². The van der Waals surface area contributed by atoms with Crippen LogP contribution in [0.3, 0.4) is 0 Å². The molecular weight excluding hydrogens is 500 g/mol. The van der Waals surface area contributed by atoms with Crippen molar-refractivity contribution in [1.29, 1.82) is 0 Å². The monoisotopic (exact) mass is 526 g/mol. The van der Waals surface area contributed by atoms with E-state index in [2.05, 4.69) is 4.74 Å². The summed E-state index contributed by atoms with van der Waals surface area (Å²) in [6.07, 6.45) is -3.37. The summed E-state index contributed by atoms with van der Waals surface area (Å²) in [6.45, 7) is 0. The van der Waals surface area contributed by atoms with Gasteiger partial charge in [0.1, 0.15) is 47.0 Å². The SMILES string of the molecule is COC(=O)CC1Oc2ccc(C3Oc4cc(O)cc(O)c4C(c4c(O)cc(OC)cc4OC)C3O)cc2O1. The first-order chi connectivity index (χ1) is 18.2. The van der Waals surface area contributed by atoms with Crippen molar-refractivity contribution in [3.05, 3.63) is 59.2 Å². The van der Waals surface area contributed by atoms with Crippen molar-refractivity contribution in [1.82, 2.24) is 0 Å². The number of fused-ring (bicyclic) bond motifs is 2. The number of hydrogen-bond donors (Lipinski definition) is 4. The minimum Gasteiger partial charge on any atom is -0.508 e. The van der Waals surface area contributed by atoms with Crippen LogP contribution in [0.15, 0.2) is 42.5 Å². The highest BCUT2D eigenvalue weighted by Crippen LogP contribution is 2.55. The lowest BCUT2D eigenvalue weighted by atomic mass is 9.79. The van der Waals surface area contributed by atoms with Gasteiger partial charge < -0.3 is 48.8 Å². The summed E-state index contributed by atoms with van der Waals surface area (Å²) >= 11 is 0. The third-order valence-electron chi connectivity index (χ3n) is 6.56. The third-order valence-corrected chi connectivity index (χ3v) is 6.56. The molecule has 11 nitrogen and oxygen atoms in total. The Balaban J connectivity index is 1.59. The molecule has 0 radical (unpaired) electrons. The number of hydrogen-bond acceptors (Lipinski definition) is 11. The molecule has 0 aliphatic carbocycles. The molecule has 4 N–H and O–H groups in total. The van der Waals surface area contributed by atoms with Crippen LogP contribution in [0.2, 0.25) is 0 Å². The van der Waals surface area contributed by atoms with Gasteiger partial charge in [-0.25, -0.2) is 0 Å². The number of aliphatic hydroxyl groups is 1. The fourth-order valence-corrected chi connectivity index (χ4v) is 4.83. The first kappa shape index (κ1) is 25.2. The number of methoxy groups -OCH3 is 3. The van der Waals surface area contributed by atoms with E-state index in [1.165, 1.54) is 33.5 Å². The van der Waals surface area contributed by atoms with Crippen molar-refractivity contribution >= 4 is 5.97 Å². The van der Waals surface area contributed by atoms with Crippen molar-refractivity contribution in [3.8, 4) is 46.0 Å². The van der Waals surface area contributed by atoms with Crippen LogP contribution in [0.25, 0.3) is 0 Å². The molecule has 3 aromatic rings. The normalized spacial score (nSPS) is 21.3. The Morgan fingerprint density at radius 3 is 2.29 bits per heavy atom. The number of carbonyl (C=O) groups is 1. The molecule has 0 bridgehead atoms. The molecule has 0 fully saturated rings. The zero-order chi connectivity index (χ0) is 27.1. The molecular formula is C27H26O11. The maximum Gasteiger partial charge on any atom is 0.313 e. The molecule has 2 heterocycles. The molecule has 200 valence electrons. The Morgan fingerprint density at radius 2 is 1.58 bits per heavy atom. The average molecular weight is 526 g/mol. The van der Waals surface area contributed by atoms with Gasteiger partial charge in [-0.1, -0.05) is 6.07 Å². The molecule has 38 heavy (non-hydrogen) atoms. The van der Waals surface area contributed by atoms with Crippen LogP contribution in [0.5, 0.6) is 46.0 Å². The zero-order valence-electron chi connectivity index (χ0n) is 20.7. The van der Waals surface area contributed by atoms with E-state index < -0.39 is 30.4 Å². The van der Waals surface area contributed by atoms with Gasteiger partial charge in [-0.2, -0.15) is 0 Å². The first-order valence-corrected chi connectivity index (χ1v) is 11.6. The van der Waals surface area contributed by atoms with E-state index in [1.54, 1.807) is 24.3 Å². The summed E-state index contributed by atoms with van der Waals surface area (Å²) in [6, 6.07) is 10.2. The molecule has 5 rings (SSSR count). The molecule has 0 aromatic heterocycles. The highest BCUT2D eigenvalue weighted by atomic mass is 16.7. The van der Waals surface area contributed by atoms with Gasteiger partial charge in [0.15, 0.2) is 17.6 Å². The molecule has 4 atom stereocenters. The van der Waals surface area contributed by atoms with Crippen LogP contribution >= 0.6 is 0 Å². The van der Waals surface area contributed by atoms with Crippen LogP contribution in [0.4, 0.5) is 0 Å². The Hall–Kier alpha value is -4.51. The number of benzene rings is 3. The summed E-state index contributed by atoms with van der Waals surface area (Å²) in [5.74, 6) is -0.998. The summed E-state index contributed by atoms with van der Waals surface area (Å²) in [7, 11) is 4.11. The zero-order valence-corrected chi connectivity index (χ0v) is 20.7. The predicted molar refractivity (Wildman–Crippen MR) is 130 cm³/mol. The minimum absolute atomic E-state index is 0.0984. The van der Waals surface area contributed by atoms with Gasteiger partial charge >= 0.3 is 5.97 Å². The van der Waals surface area contributed by atoms with Gasteiger partial charge in [0.05, 0.1) is 27.2 Å². The lowest BCUT2D eigenvalue weighted by Crippen LogP contribution is -2.35. The van der Waals surface area contributed by atoms with Gasteiger partial charge in [-0.3, -0.25) is 4.79 Å². The highest BCUT2D eigenvalue weighted by Gasteiger charge is 2.44. The number of aliphatic hydroxyl groups excluding tert-OH is 1. The Bertz CT molecular complexity index is 1390. The summed E-state index contributed by atoms with van der Waals surface area (Å²) < 4.78 is 32.8. The van der Waals surface area contributed by atoms with Crippen LogP contribution < -0.4 is 23.7 Å². The highest BCUT2D eigenvalue weighted by molar-refractivity contribution is 5.70. The number of ether oxygens (including phenoxy) is 6. The Morgan fingerprint density at radius 1 is 0.842 bits per heavy atom. The fourth-order valence-electron chi connectivity index (χ4n) is 4.83. The van der Waals surface area contributed by atoms with E-state index in [1.807, 2.05) is 0 Å². The van der Waals surface area contributed by atoms with Gasteiger partial charge in [0.2, 0.25) is 0 Å². The summed E-state index contributed by atoms with van der Waals surface area (Å²) in [5, 5.41) is 43.6. The molecule has 2 aliphatic heterocycles. The van der Waals surface area contributed by atoms with Crippen molar-refractivity contribution in [2.45, 2.75) is 30.8 Å². The summed E-state index contributed by atoms with van der Waals surface area (Å²) in [5.41, 5.74) is 0.823. The maximum atomic E-state index is 11.7. The molecule has 0 amide bonds. The lowest BCUT2D eigenvalue weighted by molar-refractivity contribution is -0.145. The Labute approximate surface area is 217 Å². The number of esters is 1. The quantitative estimate of drug-likeness (QED) is 0.350. The van der Waals surface area contributed by atoms with Crippen molar-refractivity contribution in [2.75, 3.05) is 21.3 Å². The predicted octanol–water partition coefficient (Wildman–Crippen LogP) is 3.11.